The average molecular weight is 260 g/mol. The maximum atomic E-state index is 12.4. The van der Waals surface area contributed by atoms with Crippen LogP contribution in [0.3, 0.4) is 0 Å². The van der Waals surface area contributed by atoms with E-state index in [1.54, 1.807) is 0 Å². The second-order valence-electron chi connectivity index (χ2n) is 3.51. The fourth-order valence-corrected chi connectivity index (χ4v) is 0.901. The third kappa shape index (κ3) is 6.42. The van der Waals surface area contributed by atoms with E-state index in [0.717, 1.165) is 0 Å². The van der Waals surface area contributed by atoms with E-state index in [1.807, 2.05) is 0 Å². The Labute approximate surface area is 96.7 Å². The smallest absolute Gasteiger partial charge is 0.330 e. The van der Waals surface area contributed by atoms with Crippen LogP contribution in [0, 0.1) is 0 Å². The molecule has 1 amide bonds. The fourth-order valence-electron chi connectivity index (χ4n) is 0.901. The Kier molecular flexibility index (Phi) is 7.05. The number of hydrogen-bond acceptors (Lipinski definition) is 3. The SMILES string of the molecule is CN(CCCN)C(=O)COCC(F)(F)C(F)F. The van der Waals surface area contributed by atoms with Crippen LogP contribution in [0.4, 0.5) is 17.6 Å². The molecule has 8 heteroatoms. The number of ether oxygens (including phenoxy) is 1. The van der Waals surface area contributed by atoms with Crippen molar-refractivity contribution in [1.29, 1.82) is 0 Å². The van der Waals surface area contributed by atoms with E-state index in [0.29, 0.717) is 19.5 Å². The summed E-state index contributed by atoms with van der Waals surface area (Å²) < 4.78 is 52.5. The normalized spacial score (nSPS) is 11.9. The van der Waals surface area contributed by atoms with E-state index < -0.39 is 31.5 Å². The van der Waals surface area contributed by atoms with Gasteiger partial charge in [0.25, 0.3) is 0 Å². The molecule has 0 aliphatic carbocycles. The van der Waals surface area contributed by atoms with Crippen molar-refractivity contribution in [3.8, 4) is 0 Å². The lowest BCUT2D eigenvalue weighted by molar-refractivity contribution is -0.170. The maximum absolute atomic E-state index is 12.4. The van der Waals surface area contributed by atoms with Crippen molar-refractivity contribution in [2.24, 2.45) is 5.73 Å². The number of rotatable bonds is 8. The first-order chi connectivity index (χ1) is 7.81. The lowest BCUT2D eigenvalue weighted by atomic mass is 10.4. The van der Waals surface area contributed by atoms with Crippen molar-refractivity contribution in [3.63, 3.8) is 0 Å². The summed E-state index contributed by atoms with van der Waals surface area (Å²) in [6.07, 6.45) is -3.23. The summed E-state index contributed by atoms with van der Waals surface area (Å²) in [5.41, 5.74) is 5.22. The summed E-state index contributed by atoms with van der Waals surface area (Å²) in [6.45, 7) is -1.36. The maximum Gasteiger partial charge on any atom is 0.330 e. The molecule has 0 aliphatic rings. The topological polar surface area (TPSA) is 55.6 Å². The summed E-state index contributed by atoms with van der Waals surface area (Å²) in [5, 5.41) is 0. The number of halogens is 4. The van der Waals surface area contributed by atoms with Gasteiger partial charge >= 0.3 is 12.3 Å². The summed E-state index contributed by atoms with van der Waals surface area (Å²) in [4.78, 5) is 12.5. The summed E-state index contributed by atoms with van der Waals surface area (Å²) in [6, 6.07) is 0. The number of carbonyl (C=O) groups is 1. The predicted octanol–water partition coefficient (Wildman–Crippen LogP) is 0.711. The van der Waals surface area contributed by atoms with Crippen LogP contribution >= 0.6 is 0 Å². The molecule has 4 nitrogen and oxygen atoms in total. The van der Waals surface area contributed by atoms with E-state index >= 15 is 0 Å². The molecule has 0 saturated carbocycles. The molecule has 17 heavy (non-hydrogen) atoms. The van der Waals surface area contributed by atoms with Gasteiger partial charge in [0.15, 0.2) is 0 Å². The third-order valence-electron chi connectivity index (χ3n) is 1.96. The van der Waals surface area contributed by atoms with Gasteiger partial charge in [-0.1, -0.05) is 0 Å². The first kappa shape index (κ1) is 16.1. The minimum atomic E-state index is -4.23. The molecular formula is C9H16F4N2O2. The second kappa shape index (κ2) is 7.44. The van der Waals surface area contributed by atoms with Crippen LogP contribution in [0.15, 0.2) is 0 Å². The number of likely N-dealkylation sites (N-methyl/N-ethyl adjacent to an activating group) is 1. The number of carbonyl (C=O) groups excluding carboxylic acids is 1. The number of amides is 1. The van der Waals surface area contributed by atoms with Gasteiger partial charge in [-0.15, -0.1) is 0 Å². The van der Waals surface area contributed by atoms with Gasteiger partial charge in [-0.2, -0.15) is 8.78 Å². The Bertz CT molecular complexity index is 239. The van der Waals surface area contributed by atoms with Crippen LogP contribution < -0.4 is 5.73 Å². The molecule has 0 spiro atoms. The molecule has 0 heterocycles. The third-order valence-corrected chi connectivity index (χ3v) is 1.96. The highest BCUT2D eigenvalue weighted by molar-refractivity contribution is 5.77. The molecule has 0 aromatic rings. The zero-order valence-corrected chi connectivity index (χ0v) is 9.47. The lowest BCUT2D eigenvalue weighted by Gasteiger charge is -2.18. The Balaban J connectivity index is 3.85. The Morgan fingerprint density at radius 1 is 1.47 bits per heavy atom. The number of alkyl halides is 4. The molecule has 0 atom stereocenters. The van der Waals surface area contributed by atoms with Crippen molar-refractivity contribution in [3.05, 3.63) is 0 Å². The van der Waals surface area contributed by atoms with Crippen LogP contribution in [-0.2, 0) is 9.53 Å². The van der Waals surface area contributed by atoms with Crippen LogP contribution in [0.5, 0.6) is 0 Å². The van der Waals surface area contributed by atoms with Crippen molar-refractivity contribution in [2.45, 2.75) is 18.8 Å². The van der Waals surface area contributed by atoms with Gasteiger partial charge in [0.1, 0.15) is 13.2 Å². The monoisotopic (exact) mass is 260 g/mol. The quantitative estimate of drug-likeness (QED) is 0.654. The Morgan fingerprint density at radius 3 is 2.53 bits per heavy atom. The van der Waals surface area contributed by atoms with Crippen molar-refractivity contribution in [1.82, 2.24) is 4.90 Å². The molecule has 0 fully saturated rings. The van der Waals surface area contributed by atoms with Gasteiger partial charge in [0.2, 0.25) is 5.91 Å². The van der Waals surface area contributed by atoms with Crippen LogP contribution in [0.1, 0.15) is 6.42 Å². The first-order valence-corrected chi connectivity index (χ1v) is 4.99. The molecule has 0 aromatic carbocycles. The van der Waals surface area contributed by atoms with Gasteiger partial charge < -0.3 is 15.4 Å². The molecule has 2 N–H and O–H groups in total. The number of hydrogen-bond donors (Lipinski definition) is 1. The van der Waals surface area contributed by atoms with Crippen LogP contribution in [-0.4, -0.2) is 56.5 Å². The summed E-state index contributed by atoms with van der Waals surface area (Å²) in [7, 11) is 1.45. The Morgan fingerprint density at radius 2 is 2.06 bits per heavy atom. The molecule has 0 aromatic heterocycles. The molecule has 0 saturated heterocycles. The summed E-state index contributed by atoms with van der Waals surface area (Å²) >= 11 is 0. The molecule has 102 valence electrons. The highest BCUT2D eigenvalue weighted by atomic mass is 19.3. The number of nitrogens with two attached hydrogens (primary N) is 1. The predicted molar refractivity (Wildman–Crippen MR) is 53.1 cm³/mol. The van der Waals surface area contributed by atoms with Crippen LogP contribution in [0.25, 0.3) is 0 Å². The van der Waals surface area contributed by atoms with Gasteiger partial charge in [-0.25, -0.2) is 8.78 Å². The highest BCUT2D eigenvalue weighted by Crippen LogP contribution is 2.22. The largest absolute Gasteiger partial charge is 0.365 e. The Hall–Kier alpha value is -0.890. The van der Waals surface area contributed by atoms with Crippen molar-refractivity contribution >= 4 is 5.91 Å². The molecule has 0 bridgehead atoms. The minimum absolute atomic E-state index is 0.365. The molecule has 0 radical (unpaired) electrons. The zero-order chi connectivity index (χ0) is 13.5. The standard InChI is InChI=1S/C9H16F4N2O2/c1-15(4-2-3-14)7(16)5-17-6-9(12,13)8(10)11/h8H,2-6,14H2,1H3. The van der Waals surface area contributed by atoms with E-state index in [9.17, 15) is 22.4 Å². The van der Waals surface area contributed by atoms with E-state index in [4.69, 9.17) is 5.73 Å². The van der Waals surface area contributed by atoms with Gasteiger partial charge in [-0.3, -0.25) is 4.79 Å². The fraction of sp³-hybridized carbons (Fsp3) is 0.889. The minimum Gasteiger partial charge on any atom is -0.365 e. The van der Waals surface area contributed by atoms with Gasteiger partial charge in [-0.05, 0) is 13.0 Å². The highest BCUT2D eigenvalue weighted by Gasteiger charge is 2.41. The van der Waals surface area contributed by atoms with E-state index in [2.05, 4.69) is 4.74 Å². The van der Waals surface area contributed by atoms with Crippen molar-refractivity contribution in [2.75, 3.05) is 33.4 Å². The van der Waals surface area contributed by atoms with Gasteiger partial charge in [0, 0.05) is 13.6 Å². The van der Waals surface area contributed by atoms with E-state index in [1.165, 1.54) is 11.9 Å². The molecular weight excluding hydrogens is 244 g/mol. The van der Waals surface area contributed by atoms with Crippen molar-refractivity contribution < 1.29 is 27.1 Å². The van der Waals surface area contributed by atoms with E-state index in [-0.39, 0.29) is 0 Å². The van der Waals surface area contributed by atoms with Gasteiger partial charge in [0.05, 0.1) is 0 Å². The van der Waals surface area contributed by atoms with Crippen LogP contribution in [0.2, 0.25) is 0 Å². The molecule has 0 rings (SSSR count). The lowest BCUT2D eigenvalue weighted by Crippen LogP contribution is -2.36. The first-order valence-electron chi connectivity index (χ1n) is 4.99. The molecule has 0 unspecified atom stereocenters. The zero-order valence-electron chi connectivity index (χ0n) is 9.47. The molecule has 0 aliphatic heterocycles. The average Bonchev–Trinajstić information content (AvgIpc) is 2.25. The number of nitrogens with zero attached hydrogens (tertiary/aromatic N) is 1. The second-order valence-corrected chi connectivity index (χ2v) is 3.51. The summed E-state index contributed by atoms with van der Waals surface area (Å²) in [5.74, 6) is -4.78.